The van der Waals surface area contributed by atoms with Gasteiger partial charge in [-0.25, -0.2) is 4.98 Å². The van der Waals surface area contributed by atoms with Crippen LogP contribution < -0.4 is 10.1 Å². The molecular formula is C15H15N3O4. The second kappa shape index (κ2) is 6.66. The molecule has 0 unspecified atom stereocenters. The molecule has 0 aliphatic carbocycles. The van der Waals surface area contributed by atoms with E-state index in [1.165, 1.54) is 19.2 Å². The summed E-state index contributed by atoms with van der Waals surface area (Å²) < 4.78 is 5.09. The third-order valence-corrected chi connectivity index (χ3v) is 2.97. The zero-order chi connectivity index (χ0) is 16.1. The highest BCUT2D eigenvalue weighted by Crippen LogP contribution is 2.22. The summed E-state index contributed by atoms with van der Waals surface area (Å²) in [6.07, 6.45) is 1.75. The van der Waals surface area contributed by atoms with E-state index in [9.17, 15) is 14.9 Å². The molecule has 0 atom stereocenters. The average molecular weight is 301 g/mol. The number of amides is 1. The van der Waals surface area contributed by atoms with E-state index in [-0.39, 0.29) is 18.0 Å². The molecule has 22 heavy (non-hydrogen) atoms. The number of aromatic nitrogens is 1. The van der Waals surface area contributed by atoms with Crippen LogP contribution in [0.25, 0.3) is 0 Å². The summed E-state index contributed by atoms with van der Waals surface area (Å²) in [6.45, 7) is 1.86. The van der Waals surface area contributed by atoms with Crippen molar-refractivity contribution in [1.82, 2.24) is 4.98 Å². The van der Waals surface area contributed by atoms with Crippen LogP contribution in [-0.2, 0) is 11.2 Å². The lowest BCUT2D eigenvalue weighted by Gasteiger charge is -2.10. The van der Waals surface area contributed by atoms with E-state index in [0.29, 0.717) is 17.1 Å². The van der Waals surface area contributed by atoms with E-state index in [2.05, 4.69) is 10.3 Å². The highest BCUT2D eigenvalue weighted by Gasteiger charge is 2.11. The number of nitro benzene ring substituents is 1. The van der Waals surface area contributed by atoms with E-state index in [1.54, 1.807) is 24.4 Å². The fourth-order valence-electron chi connectivity index (χ4n) is 1.92. The molecule has 1 heterocycles. The molecule has 1 aromatic heterocycles. The van der Waals surface area contributed by atoms with Gasteiger partial charge in [0.15, 0.2) is 0 Å². The first-order valence-electron chi connectivity index (χ1n) is 6.53. The van der Waals surface area contributed by atoms with Gasteiger partial charge in [0, 0.05) is 18.3 Å². The number of methoxy groups -OCH3 is 1. The number of nitro groups is 1. The van der Waals surface area contributed by atoms with Gasteiger partial charge in [-0.05, 0) is 24.1 Å². The van der Waals surface area contributed by atoms with E-state index in [0.717, 1.165) is 5.56 Å². The van der Waals surface area contributed by atoms with Gasteiger partial charge >= 0.3 is 0 Å². The number of carbonyl (C=O) groups excluding carboxylic acids is 1. The number of nitrogens with zero attached hydrogens (tertiary/aromatic N) is 2. The maximum Gasteiger partial charge on any atom is 0.269 e. The number of pyridine rings is 1. The van der Waals surface area contributed by atoms with Crippen LogP contribution in [0, 0.1) is 17.0 Å². The Hall–Kier alpha value is -2.96. The Bertz CT molecular complexity index is 698. The molecule has 0 aliphatic heterocycles. The van der Waals surface area contributed by atoms with Crippen molar-refractivity contribution >= 4 is 17.3 Å². The average Bonchev–Trinajstić information content (AvgIpc) is 2.48. The number of ether oxygens (including phenoxy) is 1. The summed E-state index contributed by atoms with van der Waals surface area (Å²) in [5.74, 6) is 0.0854. The van der Waals surface area contributed by atoms with Gasteiger partial charge < -0.3 is 10.1 Å². The van der Waals surface area contributed by atoms with Gasteiger partial charge in [0.1, 0.15) is 5.69 Å². The van der Waals surface area contributed by atoms with Crippen LogP contribution in [0.5, 0.6) is 5.88 Å². The standard InChI is InChI=1S/C15H15N3O4/c1-10-7-13(15(22-2)16-9-10)17-14(19)8-11-3-5-12(6-4-11)18(20)21/h3-7,9H,8H2,1-2H3,(H,17,19). The minimum Gasteiger partial charge on any atom is -0.480 e. The molecule has 2 rings (SSSR count). The summed E-state index contributed by atoms with van der Waals surface area (Å²) in [7, 11) is 1.48. The Morgan fingerprint density at radius 1 is 1.36 bits per heavy atom. The summed E-state index contributed by atoms with van der Waals surface area (Å²) in [5, 5.41) is 13.3. The number of hydrogen-bond donors (Lipinski definition) is 1. The lowest BCUT2D eigenvalue weighted by molar-refractivity contribution is -0.384. The fourth-order valence-corrected chi connectivity index (χ4v) is 1.92. The zero-order valence-electron chi connectivity index (χ0n) is 12.2. The predicted octanol–water partition coefficient (Wildman–Crippen LogP) is 2.49. The molecule has 7 nitrogen and oxygen atoms in total. The van der Waals surface area contributed by atoms with E-state index < -0.39 is 4.92 Å². The van der Waals surface area contributed by atoms with Gasteiger partial charge in [-0.2, -0.15) is 0 Å². The van der Waals surface area contributed by atoms with Crippen LogP contribution in [-0.4, -0.2) is 22.9 Å². The van der Waals surface area contributed by atoms with Gasteiger partial charge in [-0.3, -0.25) is 14.9 Å². The van der Waals surface area contributed by atoms with Crippen molar-refractivity contribution in [3.8, 4) is 5.88 Å². The van der Waals surface area contributed by atoms with Crippen molar-refractivity contribution in [2.45, 2.75) is 13.3 Å². The van der Waals surface area contributed by atoms with Crippen LogP contribution in [0.1, 0.15) is 11.1 Å². The molecule has 0 radical (unpaired) electrons. The molecule has 114 valence electrons. The Balaban J connectivity index is 2.07. The molecule has 0 spiro atoms. The number of hydrogen-bond acceptors (Lipinski definition) is 5. The van der Waals surface area contributed by atoms with Crippen LogP contribution in [0.4, 0.5) is 11.4 Å². The third-order valence-electron chi connectivity index (χ3n) is 2.97. The monoisotopic (exact) mass is 301 g/mol. The zero-order valence-corrected chi connectivity index (χ0v) is 12.2. The Morgan fingerprint density at radius 3 is 2.64 bits per heavy atom. The highest BCUT2D eigenvalue weighted by molar-refractivity contribution is 5.93. The van der Waals surface area contributed by atoms with E-state index in [1.807, 2.05) is 6.92 Å². The predicted molar refractivity (Wildman–Crippen MR) is 81.0 cm³/mol. The fraction of sp³-hybridized carbons (Fsp3) is 0.200. The number of non-ortho nitro benzene ring substituents is 1. The van der Waals surface area contributed by atoms with Crippen LogP contribution >= 0.6 is 0 Å². The lowest BCUT2D eigenvalue weighted by Crippen LogP contribution is -2.15. The molecule has 0 saturated heterocycles. The van der Waals surface area contributed by atoms with Gasteiger partial charge in [0.2, 0.25) is 11.8 Å². The number of nitrogens with one attached hydrogen (secondary N) is 1. The minimum atomic E-state index is -0.479. The van der Waals surface area contributed by atoms with Crippen molar-refractivity contribution in [2.75, 3.05) is 12.4 Å². The first kappa shape index (κ1) is 15.4. The third kappa shape index (κ3) is 3.78. The molecule has 0 aliphatic rings. The normalized spacial score (nSPS) is 10.1. The summed E-state index contributed by atoms with van der Waals surface area (Å²) in [4.78, 5) is 26.2. The topological polar surface area (TPSA) is 94.4 Å². The maximum atomic E-state index is 12.1. The molecule has 7 heteroatoms. The largest absolute Gasteiger partial charge is 0.480 e. The quantitative estimate of drug-likeness (QED) is 0.676. The summed E-state index contributed by atoms with van der Waals surface area (Å²) in [5.41, 5.74) is 2.07. The highest BCUT2D eigenvalue weighted by atomic mass is 16.6. The number of rotatable bonds is 5. The molecule has 1 aromatic carbocycles. The van der Waals surface area contributed by atoms with E-state index in [4.69, 9.17) is 4.74 Å². The van der Waals surface area contributed by atoms with Crippen LogP contribution in [0.15, 0.2) is 36.5 Å². The van der Waals surface area contributed by atoms with Crippen molar-refractivity contribution < 1.29 is 14.5 Å². The lowest BCUT2D eigenvalue weighted by atomic mass is 10.1. The Morgan fingerprint density at radius 2 is 2.05 bits per heavy atom. The van der Waals surface area contributed by atoms with Gasteiger partial charge in [-0.15, -0.1) is 0 Å². The molecule has 2 aromatic rings. The van der Waals surface area contributed by atoms with E-state index >= 15 is 0 Å². The van der Waals surface area contributed by atoms with Crippen LogP contribution in [0.3, 0.4) is 0 Å². The number of benzene rings is 1. The summed E-state index contributed by atoms with van der Waals surface area (Å²) in [6, 6.07) is 7.63. The van der Waals surface area contributed by atoms with Crippen molar-refractivity contribution in [2.24, 2.45) is 0 Å². The van der Waals surface area contributed by atoms with Crippen molar-refractivity contribution in [1.29, 1.82) is 0 Å². The molecule has 1 amide bonds. The molecule has 1 N–H and O–H groups in total. The van der Waals surface area contributed by atoms with Crippen LogP contribution in [0.2, 0.25) is 0 Å². The Kier molecular flexibility index (Phi) is 4.67. The maximum absolute atomic E-state index is 12.1. The molecule has 0 bridgehead atoms. The minimum absolute atomic E-state index is 0.00582. The number of aryl methyl sites for hydroxylation is 1. The first-order valence-corrected chi connectivity index (χ1v) is 6.53. The molecular weight excluding hydrogens is 286 g/mol. The number of carbonyl (C=O) groups is 1. The Labute approximate surface area is 127 Å². The van der Waals surface area contributed by atoms with Crippen molar-refractivity contribution in [3.05, 3.63) is 57.8 Å². The van der Waals surface area contributed by atoms with Gasteiger partial charge in [-0.1, -0.05) is 12.1 Å². The van der Waals surface area contributed by atoms with Gasteiger partial charge in [0.05, 0.1) is 18.5 Å². The van der Waals surface area contributed by atoms with Crippen molar-refractivity contribution in [3.63, 3.8) is 0 Å². The summed E-state index contributed by atoms with van der Waals surface area (Å²) >= 11 is 0. The smallest absolute Gasteiger partial charge is 0.269 e. The molecule has 0 fully saturated rings. The number of anilines is 1. The second-order valence-corrected chi connectivity index (χ2v) is 4.72. The van der Waals surface area contributed by atoms with Gasteiger partial charge in [0.25, 0.3) is 5.69 Å². The first-order chi connectivity index (χ1) is 10.5. The molecule has 0 saturated carbocycles. The SMILES string of the molecule is COc1ncc(C)cc1NC(=O)Cc1ccc([N+](=O)[O-])cc1. The second-order valence-electron chi connectivity index (χ2n) is 4.72.